The van der Waals surface area contributed by atoms with Gasteiger partial charge in [-0.05, 0) is 81.4 Å². The average Bonchev–Trinajstić information content (AvgIpc) is 3.32. The standard InChI is InChI=1S/C33H43F3N4O3S/c1-6-32(39(7-2)8-3)18-16-24(17-19-32)38-28-12-9-13-30-27(28)21-25(40(30)23-33(34,35)36)11-10-20-37-29-15-14-26(44(5,41)42)22-31(29)43-4/h9,12-15,21-22,24,37-38H,6-8,16-20,23H2,1-5H3. The lowest BCUT2D eigenvalue weighted by atomic mass is 9.76. The van der Waals surface area contributed by atoms with Crippen molar-refractivity contribution in [3.8, 4) is 17.6 Å². The zero-order valence-corrected chi connectivity index (χ0v) is 27.0. The number of ether oxygens (including phenoxy) is 1. The Labute approximate surface area is 259 Å². The lowest BCUT2D eigenvalue weighted by Crippen LogP contribution is -2.51. The van der Waals surface area contributed by atoms with E-state index in [0.29, 0.717) is 22.3 Å². The molecule has 0 bridgehead atoms. The second-order valence-electron chi connectivity index (χ2n) is 11.4. The Morgan fingerprint density at radius 2 is 1.77 bits per heavy atom. The minimum atomic E-state index is -4.42. The van der Waals surface area contributed by atoms with Gasteiger partial charge in [0.15, 0.2) is 9.84 Å². The van der Waals surface area contributed by atoms with Crippen molar-refractivity contribution in [3.63, 3.8) is 0 Å². The van der Waals surface area contributed by atoms with Crippen LogP contribution in [0.3, 0.4) is 0 Å². The highest BCUT2D eigenvalue weighted by molar-refractivity contribution is 7.90. The number of methoxy groups -OCH3 is 1. The summed E-state index contributed by atoms with van der Waals surface area (Å²) in [4.78, 5) is 2.69. The molecule has 0 aliphatic heterocycles. The molecular formula is C33H43F3N4O3S. The van der Waals surface area contributed by atoms with E-state index in [1.54, 1.807) is 24.3 Å². The summed E-state index contributed by atoms with van der Waals surface area (Å²) in [6.45, 7) is 7.70. The highest BCUT2D eigenvalue weighted by Gasteiger charge is 2.37. The third-order valence-electron chi connectivity index (χ3n) is 8.84. The van der Waals surface area contributed by atoms with Gasteiger partial charge in [-0.15, -0.1) is 0 Å². The van der Waals surface area contributed by atoms with E-state index in [0.717, 1.165) is 57.1 Å². The predicted molar refractivity (Wildman–Crippen MR) is 171 cm³/mol. The fourth-order valence-corrected chi connectivity index (χ4v) is 7.13. The number of sulfone groups is 1. The van der Waals surface area contributed by atoms with Crippen LogP contribution < -0.4 is 15.4 Å². The molecule has 3 aromatic rings. The third kappa shape index (κ3) is 7.64. The number of hydrogen-bond donors (Lipinski definition) is 2. The van der Waals surface area contributed by atoms with E-state index in [4.69, 9.17) is 4.74 Å². The second kappa shape index (κ2) is 13.7. The molecular weight excluding hydrogens is 589 g/mol. The lowest BCUT2D eigenvalue weighted by molar-refractivity contribution is -0.140. The van der Waals surface area contributed by atoms with Gasteiger partial charge in [-0.25, -0.2) is 8.42 Å². The molecule has 0 amide bonds. The van der Waals surface area contributed by atoms with E-state index in [-0.39, 0.29) is 28.7 Å². The molecule has 1 fully saturated rings. The Balaban J connectivity index is 1.56. The van der Waals surface area contributed by atoms with Gasteiger partial charge in [0.05, 0.1) is 35.4 Å². The molecule has 0 radical (unpaired) electrons. The van der Waals surface area contributed by atoms with E-state index in [1.807, 2.05) is 6.07 Å². The topological polar surface area (TPSA) is 75.6 Å². The van der Waals surface area contributed by atoms with Crippen LogP contribution in [0.2, 0.25) is 0 Å². The van der Waals surface area contributed by atoms with Crippen molar-refractivity contribution in [2.45, 2.75) is 82.1 Å². The molecule has 1 aromatic heterocycles. The van der Waals surface area contributed by atoms with Gasteiger partial charge in [-0.3, -0.25) is 4.90 Å². The monoisotopic (exact) mass is 632 g/mol. The molecule has 0 unspecified atom stereocenters. The molecule has 7 nitrogen and oxygen atoms in total. The van der Waals surface area contributed by atoms with Crippen LogP contribution >= 0.6 is 0 Å². The molecule has 11 heteroatoms. The molecule has 1 aliphatic carbocycles. The summed E-state index contributed by atoms with van der Waals surface area (Å²) < 4.78 is 71.3. The van der Waals surface area contributed by atoms with Crippen LogP contribution in [-0.4, -0.2) is 68.6 Å². The number of nitrogens with one attached hydrogen (secondary N) is 2. The predicted octanol–water partition coefficient (Wildman–Crippen LogP) is 6.92. The molecule has 0 saturated heterocycles. The smallest absolute Gasteiger partial charge is 0.406 e. The maximum atomic E-state index is 13.7. The third-order valence-corrected chi connectivity index (χ3v) is 9.95. The molecule has 2 aromatic carbocycles. The summed E-state index contributed by atoms with van der Waals surface area (Å²) in [7, 11) is -1.98. The highest BCUT2D eigenvalue weighted by atomic mass is 32.2. The zero-order chi connectivity index (χ0) is 32.1. The van der Waals surface area contributed by atoms with Crippen molar-refractivity contribution in [3.05, 3.63) is 48.2 Å². The largest absolute Gasteiger partial charge is 0.495 e. The highest BCUT2D eigenvalue weighted by Crippen LogP contribution is 2.38. The number of alkyl halides is 3. The van der Waals surface area contributed by atoms with E-state index in [1.165, 1.54) is 23.8 Å². The first-order valence-corrected chi connectivity index (χ1v) is 17.0. The van der Waals surface area contributed by atoms with Gasteiger partial charge in [-0.2, -0.15) is 13.2 Å². The van der Waals surface area contributed by atoms with Gasteiger partial charge >= 0.3 is 6.18 Å². The number of benzene rings is 2. The van der Waals surface area contributed by atoms with Crippen LogP contribution in [-0.2, 0) is 16.4 Å². The zero-order valence-electron chi connectivity index (χ0n) is 26.1. The Bertz CT molecular complexity index is 1610. The first-order valence-electron chi connectivity index (χ1n) is 15.2. The van der Waals surface area contributed by atoms with Gasteiger partial charge in [0.1, 0.15) is 12.3 Å². The van der Waals surface area contributed by atoms with E-state index < -0.39 is 22.6 Å². The molecule has 2 N–H and O–H groups in total. The first-order chi connectivity index (χ1) is 20.8. The van der Waals surface area contributed by atoms with E-state index >= 15 is 0 Å². The van der Waals surface area contributed by atoms with Crippen molar-refractivity contribution in [2.24, 2.45) is 0 Å². The van der Waals surface area contributed by atoms with Crippen LogP contribution in [0.4, 0.5) is 24.5 Å². The normalized spacial score (nSPS) is 19.1. The molecule has 4 rings (SSSR count). The van der Waals surface area contributed by atoms with Crippen LogP contribution in [0.1, 0.15) is 58.6 Å². The summed E-state index contributed by atoms with van der Waals surface area (Å²) in [6.07, 6.45) is 1.95. The molecule has 0 spiro atoms. The van der Waals surface area contributed by atoms with Crippen molar-refractivity contribution in [1.29, 1.82) is 0 Å². The minimum absolute atomic E-state index is 0.112. The maximum Gasteiger partial charge on any atom is 0.406 e. The summed E-state index contributed by atoms with van der Waals surface area (Å²) >= 11 is 0. The van der Waals surface area contributed by atoms with Crippen LogP contribution in [0, 0.1) is 11.8 Å². The quantitative estimate of drug-likeness (QED) is 0.224. The Morgan fingerprint density at radius 1 is 1.07 bits per heavy atom. The minimum Gasteiger partial charge on any atom is -0.495 e. The SMILES string of the molecule is CCN(CC)C1(CC)CCC(Nc2cccc3c2cc(C#CCNc2ccc(S(C)(=O)=O)cc2OC)n3CC(F)(F)F)CC1. The van der Waals surface area contributed by atoms with Crippen molar-refractivity contribution in [2.75, 3.05) is 43.6 Å². The molecule has 240 valence electrons. The lowest BCUT2D eigenvalue weighted by Gasteiger charge is -2.47. The average molecular weight is 633 g/mol. The molecule has 1 heterocycles. The number of anilines is 2. The molecule has 1 aliphatic rings. The van der Waals surface area contributed by atoms with E-state index in [2.05, 4.69) is 48.1 Å². The molecule has 1 saturated carbocycles. The summed E-state index contributed by atoms with van der Waals surface area (Å²) in [6, 6.07) is 11.8. The second-order valence-corrected chi connectivity index (χ2v) is 13.4. The van der Waals surface area contributed by atoms with Crippen molar-refractivity contribution in [1.82, 2.24) is 9.47 Å². The van der Waals surface area contributed by atoms with Gasteiger partial charge in [0, 0.05) is 35.0 Å². The number of hydrogen-bond acceptors (Lipinski definition) is 6. The number of aromatic nitrogens is 1. The number of nitrogens with zero attached hydrogens (tertiary/aromatic N) is 2. The van der Waals surface area contributed by atoms with Crippen LogP contribution in [0.25, 0.3) is 10.9 Å². The fraction of sp³-hybridized carbons (Fsp3) is 0.515. The first kappa shape index (κ1) is 33.5. The maximum absolute atomic E-state index is 13.7. The van der Waals surface area contributed by atoms with Gasteiger partial charge in [0.2, 0.25) is 0 Å². The number of fused-ring (bicyclic) bond motifs is 1. The fourth-order valence-electron chi connectivity index (χ4n) is 6.49. The number of halogens is 3. The Hall–Kier alpha value is -3.36. The summed E-state index contributed by atoms with van der Waals surface area (Å²) in [5.41, 5.74) is 2.29. The van der Waals surface area contributed by atoms with E-state index in [9.17, 15) is 21.6 Å². The van der Waals surface area contributed by atoms with Crippen molar-refractivity contribution >= 4 is 32.1 Å². The molecule has 0 atom stereocenters. The van der Waals surface area contributed by atoms with Crippen LogP contribution in [0.15, 0.2) is 47.4 Å². The molecule has 44 heavy (non-hydrogen) atoms. The summed E-state index contributed by atoms with van der Waals surface area (Å²) in [5.74, 6) is 6.17. The van der Waals surface area contributed by atoms with Crippen LogP contribution in [0.5, 0.6) is 5.75 Å². The van der Waals surface area contributed by atoms with Gasteiger partial charge < -0.3 is 19.9 Å². The van der Waals surface area contributed by atoms with Crippen molar-refractivity contribution < 1.29 is 26.3 Å². The number of rotatable bonds is 11. The van der Waals surface area contributed by atoms with Gasteiger partial charge in [0.25, 0.3) is 0 Å². The Morgan fingerprint density at radius 3 is 2.36 bits per heavy atom. The van der Waals surface area contributed by atoms with Gasteiger partial charge in [-0.1, -0.05) is 32.8 Å². The summed E-state index contributed by atoms with van der Waals surface area (Å²) in [5, 5.41) is 7.43. The Kier molecular flexibility index (Phi) is 10.5.